The van der Waals surface area contributed by atoms with Gasteiger partial charge >= 0.3 is 6.03 Å². The zero-order valence-electron chi connectivity index (χ0n) is 11.5. The third kappa shape index (κ3) is 2.83. The molecule has 2 heterocycles. The summed E-state index contributed by atoms with van der Waals surface area (Å²) in [6.07, 6.45) is 2.16. The zero-order chi connectivity index (χ0) is 13.9. The largest absolute Gasteiger partial charge is 0.320 e. The minimum absolute atomic E-state index is 0.202. The second kappa shape index (κ2) is 6.14. The molecule has 3 rings (SSSR count). The Hall–Kier alpha value is -1.07. The number of piperidine rings is 1. The summed E-state index contributed by atoms with van der Waals surface area (Å²) in [7, 11) is 0. The van der Waals surface area contributed by atoms with Crippen molar-refractivity contribution in [3.63, 3.8) is 0 Å². The molecule has 1 aromatic carbocycles. The third-order valence-electron chi connectivity index (χ3n) is 4.20. The van der Waals surface area contributed by atoms with Crippen molar-refractivity contribution >= 4 is 22.0 Å². The van der Waals surface area contributed by atoms with E-state index in [-0.39, 0.29) is 6.03 Å². The highest BCUT2D eigenvalue weighted by atomic mass is 79.9. The molecule has 108 valence electrons. The lowest BCUT2D eigenvalue weighted by molar-refractivity contribution is 0.164. The first-order valence-corrected chi connectivity index (χ1v) is 8.04. The second-order valence-electron chi connectivity index (χ2n) is 5.47. The van der Waals surface area contributed by atoms with Crippen molar-refractivity contribution < 1.29 is 4.79 Å². The van der Waals surface area contributed by atoms with Gasteiger partial charge in [-0.15, -0.1) is 0 Å². The van der Waals surface area contributed by atoms with Gasteiger partial charge in [0.1, 0.15) is 0 Å². The van der Waals surface area contributed by atoms with E-state index in [0.29, 0.717) is 12.6 Å². The topological polar surface area (TPSA) is 35.6 Å². The number of halogens is 1. The van der Waals surface area contributed by atoms with E-state index in [1.165, 1.54) is 5.56 Å². The molecule has 0 radical (unpaired) electrons. The van der Waals surface area contributed by atoms with Crippen molar-refractivity contribution in [1.29, 1.82) is 0 Å². The van der Waals surface area contributed by atoms with E-state index in [9.17, 15) is 4.79 Å². The molecule has 2 fully saturated rings. The standard InChI is InChI=1S/C15H20BrN3O/c16-14-4-2-1-3-12(14)11-18-9-10-19(15(18)20)13-5-7-17-8-6-13/h1-4,13,17H,5-11H2. The fraction of sp³-hybridized carbons (Fsp3) is 0.533. The SMILES string of the molecule is O=C1N(Cc2ccccc2Br)CCN1C1CCNCC1. The van der Waals surface area contributed by atoms with Crippen LogP contribution >= 0.6 is 15.9 Å². The highest BCUT2D eigenvalue weighted by molar-refractivity contribution is 9.10. The molecule has 2 aliphatic heterocycles. The minimum atomic E-state index is 0.202. The molecule has 0 unspecified atom stereocenters. The fourth-order valence-corrected chi connectivity index (χ4v) is 3.45. The van der Waals surface area contributed by atoms with E-state index in [2.05, 4.69) is 32.2 Å². The summed E-state index contributed by atoms with van der Waals surface area (Å²) in [6.45, 7) is 4.46. The van der Waals surface area contributed by atoms with Crippen LogP contribution in [-0.2, 0) is 6.54 Å². The van der Waals surface area contributed by atoms with Crippen LogP contribution in [0.5, 0.6) is 0 Å². The number of urea groups is 1. The van der Waals surface area contributed by atoms with Gasteiger partial charge in [0.25, 0.3) is 0 Å². The first-order chi connectivity index (χ1) is 9.75. The Morgan fingerprint density at radius 3 is 2.70 bits per heavy atom. The second-order valence-corrected chi connectivity index (χ2v) is 6.32. The minimum Gasteiger partial charge on any atom is -0.320 e. The van der Waals surface area contributed by atoms with Crippen LogP contribution in [0.2, 0.25) is 0 Å². The molecular weight excluding hydrogens is 318 g/mol. The van der Waals surface area contributed by atoms with Crippen LogP contribution in [0.1, 0.15) is 18.4 Å². The number of hydrogen-bond donors (Lipinski definition) is 1. The average Bonchev–Trinajstić information content (AvgIpc) is 2.84. The van der Waals surface area contributed by atoms with Gasteiger partial charge in [-0.25, -0.2) is 4.79 Å². The molecule has 2 aliphatic rings. The zero-order valence-corrected chi connectivity index (χ0v) is 13.1. The first kappa shape index (κ1) is 13.9. The van der Waals surface area contributed by atoms with Crippen LogP contribution in [0.4, 0.5) is 4.79 Å². The molecule has 0 aromatic heterocycles. The quantitative estimate of drug-likeness (QED) is 0.919. The number of nitrogens with one attached hydrogen (secondary N) is 1. The number of hydrogen-bond acceptors (Lipinski definition) is 2. The monoisotopic (exact) mass is 337 g/mol. The maximum absolute atomic E-state index is 12.5. The highest BCUT2D eigenvalue weighted by Crippen LogP contribution is 2.23. The van der Waals surface area contributed by atoms with Crippen LogP contribution in [0.25, 0.3) is 0 Å². The lowest BCUT2D eigenvalue weighted by atomic mass is 10.1. The van der Waals surface area contributed by atoms with Gasteiger partial charge in [-0.3, -0.25) is 0 Å². The van der Waals surface area contributed by atoms with E-state index in [1.54, 1.807) is 0 Å². The molecule has 1 N–H and O–H groups in total. The first-order valence-electron chi connectivity index (χ1n) is 7.25. The van der Waals surface area contributed by atoms with Crippen LogP contribution in [0.3, 0.4) is 0 Å². The Kier molecular flexibility index (Phi) is 4.27. The molecule has 2 saturated heterocycles. The van der Waals surface area contributed by atoms with E-state index < -0.39 is 0 Å². The predicted molar refractivity (Wildman–Crippen MR) is 82.5 cm³/mol. The molecule has 0 aliphatic carbocycles. The molecule has 1 aromatic rings. The lowest BCUT2D eigenvalue weighted by Gasteiger charge is -2.31. The predicted octanol–water partition coefficient (Wildman–Crippen LogP) is 2.44. The maximum Gasteiger partial charge on any atom is 0.320 e. The van der Waals surface area contributed by atoms with Gasteiger partial charge in [-0.2, -0.15) is 0 Å². The molecule has 20 heavy (non-hydrogen) atoms. The molecule has 2 amide bonds. The van der Waals surface area contributed by atoms with Crippen LogP contribution in [-0.4, -0.2) is 48.1 Å². The molecule has 4 nitrogen and oxygen atoms in total. The molecule has 0 saturated carbocycles. The average molecular weight is 338 g/mol. The van der Waals surface area contributed by atoms with Crippen molar-refractivity contribution in [3.05, 3.63) is 34.3 Å². The summed E-state index contributed by atoms with van der Waals surface area (Å²) < 4.78 is 1.08. The molecular formula is C15H20BrN3O. The van der Waals surface area contributed by atoms with Crippen molar-refractivity contribution in [2.45, 2.75) is 25.4 Å². The number of carbonyl (C=O) groups excluding carboxylic acids is 1. The van der Waals surface area contributed by atoms with Crippen LogP contribution in [0.15, 0.2) is 28.7 Å². The molecule has 0 atom stereocenters. The Morgan fingerprint density at radius 1 is 1.20 bits per heavy atom. The number of rotatable bonds is 3. The van der Waals surface area contributed by atoms with Crippen LogP contribution < -0.4 is 5.32 Å². The summed E-state index contributed by atoms with van der Waals surface area (Å²) in [4.78, 5) is 16.6. The Morgan fingerprint density at radius 2 is 1.95 bits per heavy atom. The Balaban J connectivity index is 1.65. The molecule has 5 heteroatoms. The number of nitrogens with zero attached hydrogens (tertiary/aromatic N) is 2. The van der Waals surface area contributed by atoms with Crippen molar-refractivity contribution in [2.75, 3.05) is 26.2 Å². The van der Waals surface area contributed by atoms with E-state index in [0.717, 1.165) is 43.5 Å². The van der Waals surface area contributed by atoms with Crippen molar-refractivity contribution in [1.82, 2.24) is 15.1 Å². The van der Waals surface area contributed by atoms with Gasteiger partial charge in [0.15, 0.2) is 0 Å². The smallest absolute Gasteiger partial charge is 0.320 e. The summed E-state index contributed by atoms with van der Waals surface area (Å²) in [5.74, 6) is 0. The fourth-order valence-electron chi connectivity index (χ4n) is 3.04. The van der Waals surface area contributed by atoms with Gasteiger partial charge in [-0.05, 0) is 37.6 Å². The normalized spacial score (nSPS) is 20.8. The van der Waals surface area contributed by atoms with Gasteiger partial charge in [-0.1, -0.05) is 34.1 Å². The van der Waals surface area contributed by atoms with Gasteiger partial charge in [0, 0.05) is 30.1 Å². The number of carbonyl (C=O) groups is 1. The number of amides is 2. The summed E-state index contributed by atoms with van der Waals surface area (Å²) >= 11 is 3.56. The third-order valence-corrected chi connectivity index (χ3v) is 4.97. The van der Waals surface area contributed by atoms with Crippen molar-refractivity contribution in [3.8, 4) is 0 Å². The van der Waals surface area contributed by atoms with Crippen molar-refractivity contribution in [2.24, 2.45) is 0 Å². The van der Waals surface area contributed by atoms with Crippen LogP contribution in [0, 0.1) is 0 Å². The molecule has 0 spiro atoms. The van der Waals surface area contributed by atoms with E-state index in [4.69, 9.17) is 0 Å². The highest BCUT2D eigenvalue weighted by Gasteiger charge is 2.34. The van der Waals surface area contributed by atoms with Gasteiger partial charge < -0.3 is 15.1 Å². The summed E-state index contributed by atoms with van der Waals surface area (Å²) in [5.41, 5.74) is 1.17. The Bertz CT molecular complexity index is 488. The maximum atomic E-state index is 12.5. The van der Waals surface area contributed by atoms with Gasteiger partial charge in [0.05, 0.1) is 0 Å². The summed E-state index contributed by atoms with van der Waals surface area (Å²) in [6, 6.07) is 8.75. The lowest BCUT2D eigenvalue weighted by Crippen LogP contribution is -2.45. The summed E-state index contributed by atoms with van der Waals surface area (Å²) in [5, 5.41) is 3.35. The van der Waals surface area contributed by atoms with E-state index in [1.807, 2.05) is 23.1 Å². The number of benzene rings is 1. The van der Waals surface area contributed by atoms with E-state index >= 15 is 0 Å². The van der Waals surface area contributed by atoms with Gasteiger partial charge in [0.2, 0.25) is 0 Å². The Labute approximate surface area is 128 Å². The molecule has 0 bridgehead atoms.